The van der Waals surface area contributed by atoms with Gasteiger partial charge in [-0.1, -0.05) is 6.92 Å². The summed E-state index contributed by atoms with van der Waals surface area (Å²) in [4.78, 5) is 14.3. The van der Waals surface area contributed by atoms with Gasteiger partial charge in [-0.05, 0) is 39.0 Å². The Labute approximate surface area is 104 Å². The molecule has 2 aliphatic rings. The molecule has 2 rings (SSSR count). The van der Waals surface area contributed by atoms with E-state index < -0.39 is 0 Å². The van der Waals surface area contributed by atoms with Gasteiger partial charge in [0.15, 0.2) is 0 Å². The molecule has 0 aliphatic carbocycles. The molecule has 0 aromatic rings. The zero-order chi connectivity index (χ0) is 12.4. The molecule has 0 radical (unpaired) electrons. The average molecular weight is 239 g/mol. The molecule has 3 atom stereocenters. The first-order chi connectivity index (χ1) is 8.10. The lowest BCUT2D eigenvalue weighted by molar-refractivity contribution is -0.124. The molecule has 0 spiro atoms. The maximum atomic E-state index is 11.9. The van der Waals surface area contributed by atoms with E-state index in [9.17, 15) is 4.79 Å². The van der Waals surface area contributed by atoms with Gasteiger partial charge in [0.25, 0.3) is 0 Å². The van der Waals surface area contributed by atoms with Gasteiger partial charge in [-0.25, -0.2) is 0 Å². The number of nitrogens with zero attached hydrogens (tertiary/aromatic N) is 1. The molecule has 3 unspecified atom stereocenters. The molecule has 1 amide bonds. The van der Waals surface area contributed by atoms with Crippen LogP contribution in [0, 0.1) is 0 Å². The van der Waals surface area contributed by atoms with Crippen LogP contribution in [-0.2, 0) is 4.79 Å². The molecule has 0 saturated carbocycles. The Morgan fingerprint density at radius 3 is 2.53 bits per heavy atom. The number of amides is 1. The predicted molar refractivity (Wildman–Crippen MR) is 68.6 cm³/mol. The normalized spacial score (nSPS) is 34.6. The Morgan fingerprint density at radius 1 is 1.41 bits per heavy atom. The summed E-state index contributed by atoms with van der Waals surface area (Å²) in [6.45, 7) is 4.71. The van der Waals surface area contributed by atoms with E-state index in [1.54, 1.807) is 0 Å². The Bertz CT molecular complexity index is 268. The van der Waals surface area contributed by atoms with Crippen LogP contribution in [0.2, 0.25) is 0 Å². The van der Waals surface area contributed by atoms with Gasteiger partial charge in [0.2, 0.25) is 5.91 Å². The van der Waals surface area contributed by atoms with E-state index in [-0.39, 0.29) is 11.9 Å². The SMILES string of the molecule is CCC(C)NC(=O)CN1C2CCC1CC(N)C2. The fraction of sp³-hybridized carbons (Fsp3) is 0.923. The molecule has 2 bridgehead atoms. The van der Waals surface area contributed by atoms with Crippen LogP contribution in [0.5, 0.6) is 0 Å². The Morgan fingerprint density at radius 2 is 2.00 bits per heavy atom. The summed E-state index contributed by atoms with van der Waals surface area (Å²) >= 11 is 0. The van der Waals surface area contributed by atoms with E-state index in [1.807, 2.05) is 0 Å². The summed E-state index contributed by atoms with van der Waals surface area (Å²) in [5, 5.41) is 3.05. The van der Waals surface area contributed by atoms with Gasteiger partial charge in [-0.3, -0.25) is 9.69 Å². The Kier molecular flexibility index (Phi) is 4.05. The Balaban J connectivity index is 1.85. The van der Waals surface area contributed by atoms with Crippen LogP contribution in [0.15, 0.2) is 0 Å². The molecular weight excluding hydrogens is 214 g/mol. The number of hydrogen-bond donors (Lipinski definition) is 2. The number of hydrogen-bond acceptors (Lipinski definition) is 3. The number of fused-ring (bicyclic) bond motifs is 2. The highest BCUT2D eigenvalue weighted by Crippen LogP contribution is 2.34. The summed E-state index contributed by atoms with van der Waals surface area (Å²) < 4.78 is 0. The zero-order valence-corrected chi connectivity index (χ0v) is 11.0. The smallest absolute Gasteiger partial charge is 0.234 e. The molecule has 98 valence electrons. The van der Waals surface area contributed by atoms with E-state index in [0.29, 0.717) is 24.7 Å². The van der Waals surface area contributed by atoms with Crippen molar-refractivity contribution in [2.24, 2.45) is 5.73 Å². The number of nitrogens with two attached hydrogens (primary N) is 1. The molecule has 3 N–H and O–H groups in total. The van der Waals surface area contributed by atoms with Crippen molar-refractivity contribution in [3.8, 4) is 0 Å². The maximum Gasteiger partial charge on any atom is 0.234 e. The first kappa shape index (κ1) is 12.8. The second-order valence-corrected chi connectivity index (χ2v) is 5.67. The molecule has 4 nitrogen and oxygen atoms in total. The number of carbonyl (C=O) groups excluding carboxylic acids is 1. The molecule has 17 heavy (non-hydrogen) atoms. The lowest BCUT2D eigenvalue weighted by atomic mass is 9.98. The van der Waals surface area contributed by atoms with E-state index in [0.717, 1.165) is 19.3 Å². The zero-order valence-electron chi connectivity index (χ0n) is 11.0. The number of rotatable bonds is 4. The summed E-state index contributed by atoms with van der Waals surface area (Å²) in [5.41, 5.74) is 6.02. The van der Waals surface area contributed by atoms with E-state index >= 15 is 0 Å². The number of nitrogens with one attached hydrogen (secondary N) is 1. The van der Waals surface area contributed by atoms with Crippen LogP contribution in [0.3, 0.4) is 0 Å². The second-order valence-electron chi connectivity index (χ2n) is 5.67. The third kappa shape index (κ3) is 2.99. The molecule has 2 aliphatic heterocycles. The van der Waals surface area contributed by atoms with Crippen molar-refractivity contribution < 1.29 is 4.79 Å². The Hall–Kier alpha value is -0.610. The third-order valence-electron chi connectivity index (χ3n) is 4.27. The van der Waals surface area contributed by atoms with E-state index in [4.69, 9.17) is 5.73 Å². The van der Waals surface area contributed by atoms with Crippen LogP contribution in [0.4, 0.5) is 0 Å². The van der Waals surface area contributed by atoms with Crippen LogP contribution >= 0.6 is 0 Å². The minimum absolute atomic E-state index is 0.173. The molecular formula is C13H25N3O. The van der Waals surface area contributed by atoms with Crippen LogP contribution in [0.25, 0.3) is 0 Å². The van der Waals surface area contributed by atoms with Crippen LogP contribution in [0.1, 0.15) is 46.0 Å². The van der Waals surface area contributed by atoms with Gasteiger partial charge in [0, 0.05) is 24.2 Å². The highest BCUT2D eigenvalue weighted by atomic mass is 16.2. The molecule has 0 aromatic heterocycles. The molecule has 0 aromatic carbocycles. The third-order valence-corrected chi connectivity index (χ3v) is 4.27. The highest BCUT2D eigenvalue weighted by Gasteiger charge is 2.40. The van der Waals surface area contributed by atoms with Gasteiger partial charge in [-0.15, -0.1) is 0 Å². The standard InChI is InChI=1S/C13H25N3O/c1-3-9(2)15-13(17)8-16-11-4-5-12(16)7-10(14)6-11/h9-12H,3-8,14H2,1-2H3,(H,15,17). The summed E-state index contributed by atoms with van der Waals surface area (Å²) in [6, 6.07) is 1.73. The van der Waals surface area contributed by atoms with Crippen molar-refractivity contribution in [2.45, 2.75) is 70.1 Å². The largest absolute Gasteiger partial charge is 0.353 e. The van der Waals surface area contributed by atoms with Gasteiger partial charge < -0.3 is 11.1 Å². The van der Waals surface area contributed by atoms with Crippen molar-refractivity contribution in [2.75, 3.05) is 6.54 Å². The lowest BCUT2D eigenvalue weighted by Gasteiger charge is -2.37. The number of piperidine rings is 1. The van der Waals surface area contributed by atoms with Gasteiger partial charge in [-0.2, -0.15) is 0 Å². The van der Waals surface area contributed by atoms with Crippen molar-refractivity contribution in [3.63, 3.8) is 0 Å². The van der Waals surface area contributed by atoms with Crippen molar-refractivity contribution >= 4 is 5.91 Å². The van der Waals surface area contributed by atoms with Crippen LogP contribution < -0.4 is 11.1 Å². The quantitative estimate of drug-likeness (QED) is 0.765. The highest BCUT2D eigenvalue weighted by molar-refractivity contribution is 5.78. The number of carbonyl (C=O) groups is 1. The lowest BCUT2D eigenvalue weighted by Crippen LogP contribution is -2.51. The van der Waals surface area contributed by atoms with Gasteiger partial charge >= 0.3 is 0 Å². The fourth-order valence-electron chi connectivity index (χ4n) is 3.16. The first-order valence-corrected chi connectivity index (χ1v) is 6.90. The minimum Gasteiger partial charge on any atom is -0.353 e. The topological polar surface area (TPSA) is 58.4 Å². The summed E-state index contributed by atoms with van der Waals surface area (Å²) in [6.07, 6.45) is 5.55. The minimum atomic E-state index is 0.173. The van der Waals surface area contributed by atoms with Crippen LogP contribution in [-0.4, -0.2) is 41.5 Å². The molecule has 2 heterocycles. The second kappa shape index (κ2) is 5.36. The van der Waals surface area contributed by atoms with Gasteiger partial charge in [0.1, 0.15) is 0 Å². The maximum absolute atomic E-state index is 11.9. The van der Waals surface area contributed by atoms with Crippen molar-refractivity contribution in [3.05, 3.63) is 0 Å². The van der Waals surface area contributed by atoms with Gasteiger partial charge in [0.05, 0.1) is 6.54 Å². The molecule has 2 fully saturated rings. The van der Waals surface area contributed by atoms with Crippen molar-refractivity contribution in [1.29, 1.82) is 0 Å². The average Bonchev–Trinajstić information content (AvgIpc) is 2.51. The first-order valence-electron chi connectivity index (χ1n) is 6.90. The molecule has 4 heteroatoms. The van der Waals surface area contributed by atoms with E-state index in [2.05, 4.69) is 24.1 Å². The molecule has 2 saturated heterocycles. The predicted octanol–water partition coefficient (Wildman–Crippen LogP) is 0.855. The fourth-order valence-corrected chi connectivity index (χ4v) is 3.16. The van der Waals surface area contributed by atoms with E-state index in [1.165, 1.54) is 12.8 Å². The summed E-state index contributed by atoms with van der Waals surface area (Å²) in [5.74, 6) is 0.173. The monoisotopic (exact) mass is 239 g/mol. The van der Waals surface area contributed by atoms with Crippen molar-refractivity contribution in [1.82, 2.24) is 10.2 Å². The summed E-state index contributed by atoms with van der Waals surface area (Å²) in [7, 11) is 0.